The van der Waals surface area contributed by atoms with Gasteiger partial charge in [-0.15, -0.1) is 0 Å². The average Bonchev–Trinajstić information content (AvgIpc) is 3.42. The van der Waals surface area contributed by atoms with Gasteiger partial charge < -0.3 is 25.2 Å². The number of anilines is 3. The quantitative estimate of drug-likeness (QED) is 0.557. The Morgan fingerprint density at radius 1 is 1.17 bits per heavy atom. The van der Waals surface area contributed by atoms with Crippen molar-refractivity contribution in [3.05, 3.63) is 70.8 Å². The molecule has 1 atom stereocenters. The van der Waals surface area contributed by atoms with Crippen LogP contribution in [0.2, 0.25) is 5.02 Å². The molecule has 0 radical (unpaired) electrons. The molecule has 0 aliphatic carbocycles. The van der Waals surface area contributed by atoms with Crippen LogP contribution in [0.25, 0.3) is 0 Å². The van der Waals surface area contributed by atoms with Gasteiger partial charge in [-0.05, 0) is 42.5 Å². The molecule has 0 saturated carbocycles. The predicted octanol–water partition coefficient (Wildman–Crippen LogP) is 3.30. The second-order valence-corrected chi connectivity index (χ2v) is 8.83. The minimum atomic E-state index is -1.03. The predicted molar refractivity (Wildman–Crippen MR) is 130 cm³/mol. The highest BCUT2D eigenvalue weighted by Gasteiger charge is 2.41. The van der Waals surface area contributed by atoms with Gasteiger partial charge in [0, 0.05) is 35.6 Å². The lowest BCUT2D eigenvalue weighted by atomic mass is 10.1. The maximum Gasteiger partial charge on any atom is 0.323 e. The van der Waals surface area contributed by atoms with Gasteiger partial charge in [0.05, 0.1) is 30.7 Å². The first kappa shape index (κ1) is 23.8. The van der Waals surface area contributed by atoms with Crippen LogP contribution in [0.3, 0.4) is 0 Å². The summed E-state index contributed by atoms with van der Waals surface area (Å²) in [6.07, 6.45) is 1.53. The van der Waals surface area contributed by atoms with E-state index in [2.05, 4.69) is 15.7 Å². The number of rotatable bonds is 4. The van der Waals surface area contributed by atoms with Crippen LogP contribution in [0.15, 0.2) is 48.7 Å². The summed E-state index contributed by atoms with van der Waals surface area (Å²) in [6.45, 7) is 0.746. The molecule has 0 spiro atoms. The Kier molecular flexibility index (Phi) is 6.33. The number of morpholine rings is 1. The van der Waals surface area contributed by atoms with E-state index in [4.69, 9.17) is 16.3 Å². The van der Waals surface area contributed by atoms with Crippen LogP contribution in [0.5, 0.6) is 0 Å². The van der Waals surface area contributed by atoms with Gasteiger partial charge in [0.25, 0.3) is 11.8 Å². The van der Waals surface area contributed by atoms with E-state index in [1.54, 1.807) is 42.1 Å². The van der Waals surface area contributed by atoms with Crippen molar-refractivity contribution >= 4 is 46.5 Å². The number of hydrogen-bond acceptors (Lipinski definition) is 5. The van der Waals surface area contributed by atoms with Crippen LogP contribution in [-0.2, 0) is 27.9 Å². The molecule has 3 aromatic rings. The van der Waals surface area contributed by atoms with Crippen molar-refractivity contribution in [2.24, 2.45) is 7.05 Å². The Labute approximate surface area is 210 Å². The highest BCUT2D eigenvalue weighted by atomic mass is 35.5. The first-order valence-electron chi connectivity index (χ1n) is 11.1. The summed E-state index contributed by atoms with van der Waals surface area (Å²) in [5.74, 6) is -1.57. The lowest BCUT2D eigenvalue weighted by Crippen LogP contribution is -2.41. The number of hydrogen-bond donors (Lipinski definition) is 2. The van der Waals surface area contributed by atoms with Crippen molar-refractivity contribution in [1.82, 2.24) is 14.7 Å². The normalized spacial score (nSPS) is 17.2. The zero-order valence-electron chi connectivity index (χ0n) is 19.2. The van der Waals surface area contributed by atoms with Crippen molar-refractivity contribution in [3.8, 4) is 0 Å². The largest absolute Gasteiger partial charge is 0.370 e. The SMILES string of the molecule is Cn1ncc2c1CN(C(=O)Nc1ccc(Cl)cc1)[C@H]2C(=O)Nc1ccc(N2CCOCC2=O)cc1F. The summed E-state index contributed by atoms with van der Waals surface area (Å²) in [5, 5.41) is 10.1. The summed E-state index contributed by atoms with van der Waals surface area (Å²) in [6, 6.07) is 9.18. The highest BCUT2D eigenvalue weighted by molar-refractivity contribution is 6.30. The molecule has 12 heteroatoms. The van der Waals surface area contributed by atoms with Gasteiger partial charge in [-0.3, -0.25) is 14.3 Å². The molecule has 3 heterocycles. The Morgan fingerprint density at radius 2 is 1.94 bits per heavy atom. The lowest BCUT2D eigenvalue weighted by molar-refractivity contribution is -0.125. The number of amides is 4. The summed E-state index contributed by atoms with van der Waals surface area (Å²) >= 11 is 5.91. The molecule has 5 rings (SSSR count). The van der Waals surface area contributed by atoms with Crippen LogP contribution in [0.1, 0.15) is 17.3 Å². The van der Waals surface area contributed by atoms with E-state index in [9.17, 15) is 18.8 Å². The van der Waals surface area contributed by atoms with Crippen molar-refractivity contribution in [3.63, 3.8) is 0 Å². The topological polar surface area (TPSA) is 109 Å². The van der Waals surface area contributed by atoms with Crippen LogP contribution in [-0.4, -0.2) is 52.3 Å². The first-order valence-corrected chi connectivity index (χ1v) is 11.5. The summed E-state index contributed by atoms with van der Waals surface area (Å²) in [4.78, 5) is 41.3. The molecule has 1 fully saturated rings. The van der Waals surface area contributed by atoms with E-state index >= 15 is 0 Å². The average molecular weight is 513 g/mol. The Morgan fingerprint density at radius 3 is 2.67 bits per heavy atom. The number of carbonyl (C=O) groups excluding carboxylic acids is 3. The van der Waals surface area contributed by atoms with Gasteiger partial charge in [-0.2, -0.15) is 5.10 Å². The zero-order chi connectivity index (χ0) is 25.4. The number of nitrogens with zero attached hydrogens (tertiary/aromatic N) is 4. The van der Waals surface area contributed by atoms with Crippen molar-refractivity contribution in [2.45, 2.75) is 12.6 Å². The number of fused-ring (bicyclic) bond motifs is 1. The maximum atomic E-state index is 15.0. The molecule has 186 valence electrons. The molecule has 2 aliphatic rings. The molecule has 2 N–H and O–H groups in total. The molecular weight excluding hydrogens is 491 g/mol. The summed E-state index contributed by atoms with van der Waals surface area (Å²) in [5.41, 5.74) is 2.07. The molecule has 2 aromatic carbocycles. The molecule has 0 bridgehead atoms. The number of urea groups is 1. The van der Waals surface area contributed by atoms with Crippen LogP contribution in [0, 0.1) is 5.82 Å². The number of nitrogens with one attached hydrogen (secondary N) is 2. The lowest BCUT2D eigenvalue weighted by Gasteiger charge is -2.27. The molecule has 10 nitrogen and oxygen atoms in total. The van der Waals surface area contributed by atoms with Gasteiger partial charge in [0.15, 0.2) is 0 Å². The fourth-order valence-electron chi connectivity index (χ4n) is 4.29. The zero-order valence-corrected chi connectivity index (χ0v) is 20.0. The first-order chi connectivity index (χ1) is 17.3. The van der Waals surface area contributed by atoms with Crippen molar-refractivity contribution < 1.29 is 23.5 Å². The van der Waals surface area contributed by atoms with Crippen molar-refractivity contribution in [1.29, 1.82) is 0 Å². The van der Waals surface area contributed by atoms with E-state index in [0.717, 1.165) is 0 Å². The molecule has 0 unspecified atom stereocenters. The molecule has 1 aromatic heterocycles. The fourth-order valence-corrected chi connectivity index (χ4v) is 4.41. The smallest absolute Gasteiger partial charge is 0.323 e. The minimum Gasteiger partial charge on any atom is -0.370 e. The maximum absolute atomic E-state index is 15.0. The third-order valence-corrected chi connectivity index (χ3v) is 6.38. The number of benzene rings is 2. The van der Waals surface area contributed by atoms with Crippen molar-refractivity contribution in [2.75, 3.05) is 35.3 Å². The Bertz CT molecular complexity index is 1340. The Hall–Kier alpha value is -3.96. The van der Waals surface area contributed by atoms with Gasteiger partial charge in [0.2, 0.25) is 0 Å². The summed E-state index contributed by atoms with van der Waals surface area (Å²) in [7, 11) is 1.72. The van der Waals surface area contributed by atoms with E-state index in [1.165, 1.54) is 28.1 Å². The number of aromatic nitrogens is 2. The van der Waals surface area contributed by atoms with E-state index < -0.39 is 23.8 Å². The minimum absolute atomic E-state index is 0.0663. The molecule has 1 saturated heterocycles. The second kappa shape index (κ2) is 9.59. The highest BCUT2D eigenvalue weighted by Crippen LogP contribution is 2.35. The van der Waals surface area contributed by atoms with E-state index in [1.807, 2.05) is 0 Å². The standard InChI is InChI=1S/C24H22ClFN6O4/c1-30-20-12-32(24(35)28-15-4-2-14(25)3-5-15)22(17(20)11-27-30)23(34)29-19-7-6-16(10-18(19)26)31-8-9-36-13-21(31)33/h2-7,10-11,22H,8-9,12-13H2,1H3,(H,28,35)(H,29,34)/t22-/m1/s1. The van der Waals surface area contributed by atoms with E-state index in [0.29, 0.717) is 40.8 Å². The van der Waals surface area contributed by atoms with Crippen LogP contribution in [0.4, 0.5) is 26.2 Å². The van der Waals surface area contributed by atoms with Gasteiger partial charge in [0.1, 0.15) is 18.5 Å². The van der Waals surface area contributed by atoms with Gasteiger partial charge in [-0.1, -0.05) is 11.6 Å². The second-order valence-electron chi connectivity index (χ2n) is 8.39. The number of ether oxygens (including phenoxy) is 1. The number of carbonyl (C=O) groups is 3. The number of halogens is 2. The monoisotopic (exact) mass is 512 g/mol. The molecular formula is C24H22ClFN6O4. The van der Waals surface area contributed by atoms with Gasteiger partial charge in [-0.25, -0.2) is 9.18 Å². The van der Waals surface area contributed by atoms with Crippen LogP contribution >= 0.6 is 11.6 Å². The fraction of sp³-hybridized carbons (Fsp3) is 0.250. The Balaban J connectivity index is 1.36. The van der Waals surface area contributed by atoms with Gasteiger partial charge >= 0.3 is 6.03 Å². The molecule has 4 amide bonds. The van der Waals surface area contributed by atoms with Crippen LogP contribution < -0.4 is 15.5 Å². The summed E-state index contributed by atoms with van der Waals surface area (Å²) < 4.78 is 21.7. The molecule has 2 aliphatic heterocycles. The van der Waals surface area contributed by atoms with E-state index in [-0.39, 0.29) is 24.7 Å². The molecule has 36 heavy (non-hydrogen) atoms. The third-order valence-electron chi connectivity index (χ3n) is 6.13. The third kappa shape index (κ3) is 4.50. The number of aryl methyl sites for hydroxylation is 1.